The molecule has 48 heavy (non-hydrogen) atoms. The molecule has 2 aromatic heterocycles. The number of fused-ring (bicyclic) bond motifs is 6. The van der Waals surface area contributed by atoms with E-state index < -0.39 is 0 Å². The Morgan fingerprint density at radius 2 is 0.708 bits per heavy atom. The highest BCUT2D eigenvalue weighted by molar-refractivity contribution is 6.15. The van der Waals surface area contributed by atoms with Crippen LogP contribution in [0.2, 0.25) is 0 Å². The largest absolute Gasteiger partial charge is 0.192 e. The van der Waals surface area contributed by atoms with E-state index in [2.05, 4.69) is 12.1 Å². The Kier molecular flexibility index (Phi) is 6.07. The third kappa shape index (κ3) is 4.07. The first-order valence-electron chi connectivity index (χ1n) is 15.4. The summed E-state index contributed by atoms with van der Waals surface area (Å²) in [6.07, 6.45) is 0. The number of nitrogens with zero attached hydrogens (tertiary/aromatic N) is 8. The first kappa shape index (κ1) is 27.2. The van der Waals surface area contributed by atoms with Gasteiger partial charge in [-0.05, 0) is 35.4 Å². The van der Waals surface area contributed by atoms with Crippen LogP contribution < -0.4 is 0 Å². The Hall–Kier alpha value is -7.16. The smallest absolute Gasteiger partial charge is 0.123 e. The predicted octanol–water partition coefficient (Wildman–Crippen LogP) is 8.54. The summed E-state index contributed by atoms with van der Waals surface area (Å²) in [6, 6.07) is 47.9. The summed E-state index contributed by atoms with van der Waals surface area (Å²) in [5.41, 5.74) is 8.46. The van der Waals surface area contributed by atoms with Crippen LogP contribution in [-0.4, -0.2) is 30.0 Å². The number of aromatic nitrogens is 6. The fourth-order valence-electron chi connectivity index (χ4n) is 6.59. The molecule has 0 saturated heterocycles. The number of hydrogen-bond acceptors (Lipinski definition) is 6. The maximum Gasteiger partial charge on any atom is 0.123 e. The first-order chi connectivity index (χ1) is 23.7. The van der Waals surface area contributed by atoms with E-state index in [-0.39, 0.29) is 0 Å². The molecule has 8 nitrogen and oxygen atoms in total. The van der Waals surface area contributed by atoms with Gasteiger partial charge < -0.3 is 0 Å². The lowest BCUT2D eigenvalue weighted by molar-refractivity contribution is 0.766. The van der Waals surface area contributed by atoms with Crippen LogP contribution in [0.15, 0.2) is 133 Å². The molecule has 0 radical (unpaired) electrons. The second-order valence-corrected chi connectivity index (χ2v) is 11.4. The van der Waals surface area contributed by atoms with Crippen molar-refractivity contribution in [2.24, 2.45) is 0 Å². The van der Waals surface area contributed by atoms with Gasteiger partial charge in [0.05, 0.1) is 22.5 Å². The Morgan fingerprint density at radius 1 is 0.375 bits per heavy atom. The van der Waals surface area contributed by atoms with Gasteiger partial charge in [-0.2, -0.15) is 20.1 Å². The summed E-state index contributed by atoms with van der Waals surface area (Å²) < 4.78 is 0. The van der Waals surface area contributed by atoms with Crippen molar-refractivity contribution in [1.29, 1.82) is 10.5 Å². The molecule has 0 saturated carbocycles. The summed E-state index contributed by atoms with van der Waals surface area (Å²) in [4.78, 5) is 3.24. The molecule has 9 aromatic rings. The first-order valence-corrected chi connectivity index (χ1v) is 15.4. The number of benzene rings is 7. The van der Waals surface area contributed by atoms with Gasteiger partial charge in [0.15, 0.2) is 0 Å². The minimum Gasteiger partial charge on any atom is -0.192 e. The van der Waals surface area contributed by atoms with Crippen molar-refractivity contribution in [3.05, 3.63) is 145 Å². The van der Waals surface area contributed by atoms with E-state index in [1.54, 1.807) is 9.59 Å². The zero-order valence-corrected chi connectivity index (χ0v) is 25.3. The van der Waals surface area contributed by atoms with Crippen molar-refractivity contribution in [3.63, 3.8) is 0 Å². The van der Waals surface area contributed by atoms with Crippen molar-refractivity contribution in [2.75, 3.05) is 0 Å². The molecule has 9 rings (SSSR count). The maximum atomic E-state index is 10.5. The van der Waals surface area contributed by atoms with E-state index in [0.29, 0.717) is 44.3 Å². The third-order valence-electron chi connectivity index (χ3n) is 8.76. The van der Waals surface area contributed by atoms with Crippen LogP contribution in [0.5, 0.6) is 0 Å². The molecule has 7 aromatic carbocycles. The summed E-state index contributed by atoms with van der Waals surface area (Å²) in [5.74, 6) is 0. The molecule has 0 bridgehead atoms. The molecular weight excluding hydrogens is 592 g/mol. The maximum absolute atomic E-state index is 10.5. The lowest BCUT2D eigenvalue weighted by Crippen LogP contribution is -1.97. The minimum atomic E-state index is 0.530. The van der Waals surface area contributed by atoms with Crippen LogP contribution in [0.3, 0.4) is 0 Å². The van der Waals surface area contributed by atoms with Crippen LogP contribution in [-0.2, 0) is 0 Å². The van der Waals surface area contributed by atoms with Crippen LogP contribution in [0, 0.1) is 22.7 Å². The van der Waals surface area contributed by atoms with E-state index in [1.165, 1.54) is 0 Å². The van der Waals surface area contributed by atoms with Crippen LogP contribution >= 0.6 is 0 Å². The minimum absolute atomic E-state index is 0.530. The summed E-state index contributed by atoms with van der Waals surface area (Å²) in [6.45, 7) is 0. The molecule has 0 aliphatic heterocycles. The molecule has 222 valence electrons. The number of nitriles is 2. The van der Waals surface area contributed by atoms with Crippen LogP contribution in [0.4, 0.5) is 0 Å². The topological polar surface area (TPSA) is 109 Å². The highest BCUT2D eigenvalue weighted by Crippen LogP contribution is 2.41. The molecule has 0 unspecified atom stereocenters. The van der Waals surface area contributed by atoms with Crippen LogP contribution in [0.1, 0.15) is 11.1 Å². The summed E-state index contributed by atoms with van der Waals surface area (Å²) >= 11 is 0. The van der Waals surface area contributed by atoms with E-state index in [4.69, 9.17) is 20.4 Å². The molecule has 8 heteroatoms. The molecule has 0 spiro atoms. The molecule has 0 aliphatic rings. The van der Waals surface area contributed by atoms with E-state index in [0.717, 1.165) is 44.0 Å². The molecule has 2 heterocycles. The van der Waals surface area contributed by atoms with Crippen molar-refractivity contribution in [3.8, 4) is 45.8 Å². The molecule has 0 N–H and O–H groups in total. The van der Waals surface area contributed by atoms with E-state index >= 15 is 0 Å². The number of hydrogen-bond donors (Lipinski definition) is 0. The SMILES string of the molecule is N#Cc1c(-c2ccc(-c3c(C#N)c4ccccc4c4nn(-c5ccccc5)nc34)cc2)c2nn(-c3ccccc3)nc2c2ccccc12. The number of rotatable bonds is 4. The third-order valence-corrected chi connectivity index (χ3v) is 8.76. The van der Waals surface area contributed by atoms with Crippen molar-refractivity contribution in [2.45, 2.75) is 0 Å². The fourth-order valence-corrected chi connectivity index (χ4v) is 6.59. The highest BCUT2D eigenvalue weighted by Gasteiger charge is 2.23. The standard InChI is InChI=1S/C40H22N8/c41-23-33-29-15-7-9-17-31(29)37-39(45-47(43-37)27-11-3-1-4-12-27)35(33)25-19-21-26(22-20-25)36-34(24-42)30-16-8-10-18-32(30)38-40(36)46-48(44-38)28-13-5-2-6-14-28/h1-22H. The van der Waals surface area contributed by atoms with Gasteiger partial charge in [-0.3, -0.25) is 0 Å². The molecule has 0 aliphatic carbocycles. The Morgan fingerprint density at radius 3 is 1.08 bits per heavy atom. The quantitative estimate of drug-likeness (QED) is 0.197. The zero-order valence-electron chi connectivity index (χ0n) is 25.3. The normalized spacial score (nSPS) is 11.3. The van der Waals surface area contributed by atoms with Crippen LogP contribution in [0.25, 0.3) is 77.2 Å². The fraction of sp³-hybridized carbons (Fsp3) is 0. The van der Waals surface area contributed by atoms with Gasteiger partial charge in [0, 0.05) is 32.7 Å². The second kappa shape index (κ2) is 10.7. The average Bonchev–Trinajstić information content (AvgIpc) is 3.81. The highest BCUT2D eigenvalue weighted by atomic mass is 15.5. The van der Waals surface area contributed by atoms with E-state index in [9.17, 15) is 10.5 Å². The number of para-hydroxylation sites is 2. The van der Waals surface area contributed by atoms with Gasteiger partial charge >= 0.3 is 0 Å². The molecule has 0 fully saturated rings. The second-order valence-electron chi connectivity index (χ2n) is 11.4. The Balaban J connectivity index is 1.28. The summed E-state index contributed by atoms with van der Waals surface area (Å²) in [5, 5.41) is 44.0. The average molecular weight is 615 g/mol. The lowest BCUT2D eigenvalue weighted by Gasteiger charge is -2.12. The van der Waals surface area contributed by atoms with Gasteiger partial charge in [-0.25, -0.2) is 0 Å². The van der Waals surface area contributed by atoms with E-state index in [1.807, 2.05) is 133 Å². The molecular formula is C40H22N8. The predicted molar refractivity (Wildman–Crippen MR) is 187 cm³/mol. The van der Waals surface area contributed by atoms with Gasteiger partial charge in [-0.15, -0.1) is 20.4 Å². The molecule has 0 amide bonds. The van der Waals surface area contributed by atoms with Gasteiger partial charge in [0.1, 0.15) is 34.2 Å². The zero-order chi connectivity index (χ0) is 32.2. The van der Waals surface area contributed by atoms with Gasteiger partial charge in [0.2, 0.25) is 0 Å². The monoisotopic (exact) mass is 614 g/mol. The Labute approximate surface area is 273 Å². The lowest BCUT2D eigenvalue weighted by atomic mass is 9.90. The van der Waals surface area contributed by atoms with Crippen molar-refractivity contribution in [1.82, 2.24) is 30.0 Å². The van der Waals surface area contributed by atoms with Crippen molar-refractivity contribution < 1.29 is 0 Å². The van der Waals surface area contributed by atoms with Crippen molar-refractivity contribution >= 4 is 43.6 Å². The van der Waals surface area contributed by atoms with Gasteiger partial charge in [0.25, 0.3) is 0 Å². The Bertz CT molecular complexity index is 2590. The molecule has 0 atom stereocenters. The van der Waals surface area contributed by atoms with Gasteiger partial charge in [-0.1, -0.05) is 109 Å². The summed E-state index contributed by atoms with van der Waals surface area (Å²) in [7, 11) is 0.